The number of nitrogen functional groups attached to an aromatic ring is 1. The first-order valence-corrected chi connectivity index (χ1v) is 6.22. The SMILES string of the molecule is N#CC1=C(N)Oc2ccc(N)cc2[C@@H]1c1ccccc1. The zero-order valence-corrected chi connectivity index (χ0v) is 10.7. The molecule has 0 spiro atoms. The fourth-order valence-electron chi connectivity index (χ4n) is 2.47. The lowest BCUT2D eigenvalue weighted by molar-refractivity contribution is 0.394. The number of fused-ring (bicyclic) bond motifs is 1. The molecule has 4 heteroatoms. The summed E-state index contributed by atoms with van der Waals surface area (Å²) in [5, 5.41) is 9.39. The number of nitrogens with zero attached hydrogens (tertiary/aromatic N) is 1. The Hall–Kier alpha value is -2.93. The third-order valence-corrected chi connectivity index (χ3v) is 3.37. The first-order chi connectivity index (χ1) is 9.70. The summed E-state index contributed by atoms with van der Waals surface area (Å²) in [7, 11) is 0. The molecule has 1 aliphatic heterocycles. The van der Waals surface area contributed by atoms with E-state index >= 15 is 0 Å². The van der Waals surface area contributed by atoms with Crippen LogP contribution in [0.3, 0.4) is 0 Å². The summed E-state index contributed by atoms with van der Waals surface area (Å²) in [6.07, 6.45) is 0. The second-order valence-electron chi connectivity index (χ2n) is 4.63. The van der Waals surface area contributed by atoms with Crippen molar-refractivity contribution in [1.29, 1.82) is 5.26 Å². The van der Waals surface area contributed by atoms with Gasteiger partial charge < -0.3 is 16.2 Å². The van der Waals surface area contributed by atoms with E-state index in [1.165, 1.54) is 0 Å². The van der Waals surface area contributed by atoms with E-state index in [9.17, 15) is 5.26 Å². The van der Waals surface area contributed by atoms with E-state index in [2.05, 4.69) is 6.07 Å². The van der Waals surface area contributed by atoms with Gasteiger partial charge >= 0.3 is 0 Å². The molecular weight excluding hydrogens is 250 g/mol. The molecule has 98 valence electrons. The van der Waals surface area contributed by atoms with E-state index in [1.807, 2.05) is 36.4 Å². The van der Waals surface area contributed by atoms with Crippen LogP contribution in [-0.2, 0) is 0 Å². The molecule has 0 radical (unpaired) electrons. The number of ether oxygens (including phenoxy) is 1. The number of nitrogens with two attached hydrogens (primary N) is 2. The van der Waals surface area contributed by atoms with Crippen molar-refractivity contribution >= 4 is 5.69 Å². The van der Waals surface area contributed by atoms with Gasteiger partial charge in [0.25, 0.3) is 0 Å². The highest BCUT2D eigenvalue weighted by atomic mass is 16.5. The van der Waals surface area contributed by atoms with E-state index in [4.69, 9.17) is 16.2 Å². The van der Waals surface area contributed by atoms with Crippen molar-refractivity contribution in [2.75, 3.05) is 5.73 Å². The molecule has 4 N–H and O–H groups in total. The Morgan fingerprint density at radius 3 is 2.50 bits per heavy atom. The van der Waals surface area contributed by atoms with Crippen molar-refractivity contribution in [2.24, 2.45) is 5.73 Å². The fourth-order valence-corrected chi connectivity index (χ4v) is 2.47. The Balaban J connectivity index is 2.24. The minimum absolute atomic E-state index is 0.152. The van der Waals surface area contributed by atoms with Crippen molar-refractivity contribution in [3.63, 3.8) is 0 Å². The third kappa shape index (κ3) is 1.86. The molecule has 0 amide bonds. The number of benzene rings is 2. The number of allylic oxidation sites excluding steroid dienone is 1. The zero-order chi connectivity index (χ0) is 14.1. The van der Waals surface area contributed by atoms with Gasteiger partial charge in [0.15, 0.2) is 0 Å². The minimum Gasteiger partial charge on any atom is -0.440 e. The summed E-state index contributed by atoms with van der Waals surface area (Å²) >= 11 is 0. The lowest BCUT2D eigenvalue weighted by atomic mass is 9.83. The van der Waals surface area contributed by atoms with Crippen LogP contribution in [0, 0.1) is 11.3 Å². The molecule has 1 aliphatic rings. The van der Waals surface area contributed by atoms with Crippen molar-refractivity contribution in [2.45, 2.75) is 5.92 Å². The van der Waals surface area contributed by atoms with Crippen molar-refractivity contribution < 1.29 is 4.74 Å². The van der Waals surface area contributed by atoms with Gasteiger partial charge in [-0.3, -0.25) is 0 Å². The summed E-state index contributed by atoms with van der Waals surface area (Å²) in [5.41, 5.74) is 14.6. The van der Waals surface area contributed by atoms with Crippen LogP contribution in [0.1, 0.15) is 17.0 Å². The van der Waals surface area contributed by atoms with Gasteiger partial charge in [-0.25, -0.2) is 0 Å². The number of anilines is 1. The van der Waals surface area contributed by atoms with E-state index in [0.717, 1.165) is 11.1 Å². The largest absolute Gasteiger partial charge is 0.440 e. The molecule has 0 unspecified atom stereocenters. The van der Waals surface area contributed by atoms with Crippen molar-refractivity contribution in [3.05, 3.63) is 71.1 Å². The average molecular weight is 263 g/mol. The summed E-state index contributed by atoms with van der Waals surface area (Å²) in [6.45, 7) is 0. The molecule has 0 fully saturated rings. The highest BCUT2D eigenvalue weighted by Gasteiger charge is 2.30. The lowest BCUT2D eigenvalue weighted by Gasteiger charge is -2.26. The molecule has 0 bridgehead atoms. The van der Waals surface area contributed by atoms with Gasteiger partial charge in [0.05, 0.1) is 5.92 Å². The second-order valence-corrected chi connectivity index (χ2v) is 4.63. The fraction of sp³-hybridized carbons (Fsp3) is 0.0625. The first kappa shape index (κ1) is 12.1. The molecule has 0 saturated heterocycles. The number of rotatable bonds is 1. The lowest BCUT2D eigenvalue weighted by Crippen LogP contribution is -2.21. The predicted molar refractivity (Wildman–Crippen MR) is 76.6 cm³/mol. The number of nitriles is 1. The summed E-state index contributed by atoms with van der Waals surface area (Å²) in [6, 6.07) is 17.2. The van der Waals surface area contributed by atoms with E-state index in [1.54, 1.807) is 12.1 Å². The van der Waals surface area contributed by atoms with Crippen LogP contribution in [0.5, 0.6) is 5.75 Å². The van der Waals surface area contributed by atoms with Crippen LogP contribution in [0.4, 0.5) is 5.69 Å². The van der Waals surface area contributed by atoms with Crippen molar-refractivity contribution in [3.8, 4) is 11.8 Å². The van der Waals surface area contributed by atoms with Crippen LogP contribution in [-0.4, -0.2) is 0 Å². The van der Waals surface area contributed by atoms with Crippen molar-refractivity contribution in [1.82, 2.24) is 0 Å². The van der Waals surface area contributed by atoms with E-state index in [-0.39, 0.29) is 11.8 Å². The second kappa shape index (κ2) is 4.63. The number of hydrogen-bond donors (Lipinski definition) is 2. The maximum atomic E-state index is 9.39. The van der Waals surface area contributed by atoms with E-state index in [0.29, 0.717) is 17.0 Å². The molecule has 2 aromatic carbocycles. The summed E-state index contributed by atoms with van der Waals surface area (Å²) < 4.78 is 5.52. The topological polar surface area (TPSA) is 85.1 Å². The Morgan fingerprint density at radius 1 is 1.05 bits per heavy atom. The molecule has 2 aromatic rings. The maximum Gasteiger partial charge on any atom is 0.205 e. The zero-order valence-electron chi connectivity index (χ0n) is 10.7. The van der Waals surface area contributed by atoms with Crippen LogP contribution < -0.4 is 16.2 Å². The van der Waals surface area contributed by atoms with Crippen LogP contribution in [0.25, 0.3) is 0 Å². The maximum absolute atomic E-state index is 9.39. The highest BCUT2D eigenvalue weighted by molar-refractivity contribution is 5.59. The van der Waals surface area contributed by atoms with Crippen LogP contribution in [0.15, 0.2) is 60.0 Å². The van der Waals surface area contributed by atoms with E-state index < -0.39 is 0 Å². The monoisotopic (exact) mass is 263 g/mol. The molecule has 1 heterocycles. The normalized spacial score (nSPS) is 17.1. The van der Waals surface area contributed by atoms with Gasteiger partial charge in [0.2, 0.25) is 5.88 Å². The Morgan fingerprint density at radius 2 is 1.80 bits per heavy atom. The van der Waals surface area contributed by atoms with Gasteiger partial charge in [0.1, 0.15) is 17.4 Å². The Labute approximate surface area is 116 Å². The Kier molecular flexibility index (Phi) is 2.81. The van der Waals surface area contributed by atoms with Crippen LogP contribution >= 0.6 is 0 Å². The summed E-state index contributed by atoms with van der Waals surface area (Å²) in [4.78, 5) is 0. The molecule has 0 aliphatic carbocycles. The first-order valence-electron chi connectivity index (χ1n) is 6.22. The predicted octanol–water partition coefficient (Wildman–Crippen LogP) is 2.49. The third-order valence-electron chi connectivity index (χ3n) is 3.37. The smallest absolute Gasteiger partial charge is 0.205 e. The van der Waals surface area contributed by atoms with Gasteiger partial charge in [-0.15, -0.1) is 0 Å². The molecule has 0 saturated carbocycles. The quantitative estimate of drug-likeness (QED) is 0.774. The molecule has 0 aromatic heterocycles. The van der Waals surface area contributed by atoms with Gasteiger partial charge in [-0.05, 0) is 23.8 Å². The molecule has 1 atom stereocenters. The minimum atomic E-state index is -0.242. The molecular formula is C16H13N3O. The summed E-state index contributed by atoms with van der Waals surface area (Å²) in [5.74, 6) is 0.552. The van der Waals surface area contributed by atoms with Gasteiger partial charge in [-0.2, -0.15) is 5.26 Å². The molecule has 3 rings (SSSR count). The Bertz CT molecular complexity index is 729. The molecule has 4 nitrogen and oxygen atoms in total. The molecule has 20 heavy (non-hydrogen) atoms. The average Bonchev–Trinajstić information content (AvgIpc) is 2.47. The van der Waals surface area contributed by atoms with Crippen LogP contribution in [0.2, 0.25) is 0 Å². The van der Waals surface area contributed by atoms with Gasteiger partial charge in [-0.1, -0.05) is 30.3 Å². The highest BCUT2D eigenvalue weighted by Crippen LogP contribution is 2.42. The number of hydrogen-bond acceptors (Lipinski definition) is 4. The standard InChI is InChI=1S/C16H13N3O/c17-9-13-15(10-4-2-1-3-5-10)12-8-11(18)6-7-14(12)20-16(13)19/h1-8,15H,18-19H2/t15-/m0/s1. The van der Waals surface area contributed by atoms with Gasteiger partial charge in [0, 0.05) is 11.3 Å².